The Kier molecular flexibility index (Phi) is 4.73. The standard InChI is InChI=1S/C14H19NO5/c1-8-5-10(12(15)16)6-9(2)11(8)20-7-14(3,18)13(17)19-4/h5-6,18H,7H2,1-4H3,(H2,15,16). The van der Waals surface area contributed by atoms with Gasteiger partial charge in [-0.2, -0.15) is 0 Å². The van der Waals surface area contributed by atoms with Gasteiger partial charge in [-0.15, -0.1) is 0 Å². The van der Waals surface area contributed by atoms with E-state index in [1.807, 2.05) is 0 Å². The molecule has 1 aromatic rings. The maximum atomic E-state index is 11.4. The van der Waals surface area contributed by atoms with Crippen molar-refractivity contribution in [1.82, 2.24) is 0 Å². The lowest BCUT2D eigenvalue weighted by Crippen LogP contribution is -2.42. The molecule has 0 spiro atoms. The number of carbonyl (C=O) groups excluding carboxylic acids is 2. The van der Waals surface area contributed by atoms with Crippen molar-refractivity contribution < 1.29 is 24.2 Å². The predicted molar refractivity (Wildman–Crippen MR) is 72.6 cm³/mol. The van der Waals surface area contributed by atoms with Gasteiger partial charge in [0.2, 0.25) is 5.91 Å². The summed E-state index contributed by atoms with van der Waals surface area (Å²) in [7, 11) is 1.19. The summed E-state index contributed by atoms with van der Waals surface area (Å²) in [5.41, 5.74) is 5.25. The summed E-state index contributed by atoms with van der Waals surface area (Å²) in [6, 6.07) is 3.19. The Balaban J connectivity index is 2.94. The average Bonchev–Trinajstić information content (AvgIpc) is 2.36. The molecule has 0 radical (unpaired) electrons. The fourth-order valence-corrected chi connectivity index (χ4v) is 1.81. The van der Waals surface area contributed by atoms with Gasteiger partial charge in [0.1, 0.15) is 12.4 Å². The maximum absolute atomic E-state index is 11.4. The van der Waals surface area contributed by atoms with E-state index in [9.17, 15) is 14.7 Å². The Morgan fingerprint density at radius 2 is 1.80 bits per heavy atom. The number of primary amides is 1. The number of hydrogen-bond donors (Lipinski definition) is 2. The van der Waals surface area contributed by atoms with E-state index in [0.29, 0.717) is 22.4 Å². The van der Waals surface area contributed by atoms with Crippen LogP contribution in [0.3, 0.4) is 0 Å². The third-order valence-corrected chi connectivity index (χ3v) is 2.87. The molecular formula is C14H19NO5. The Bertz CT molecular complexity index is 513. The third-order valence-electron chi connectivity index (χ3n) is 2.87. The highest BCUT2D eigenvalue weighted by Gasteiger charge is 2.32. The minimum Gasteiger partial charge on any atom is -0.489 e. The molecule has 0 bridgehead atoms. The van der Waals surface area contributed by atoms with E-state index in [4.69, 9.17) is 10.5 Å². The van der Waals surface area contributed by atoms with Crippen molar-refractivity contribution in [2.45, 2.75) is 26.4 Å². The molecule has 110 valence electrons. The van der Waals surface area contributed by atoms with Crippen LogP contribution < -0.4 is 10.5 Å². The molecule has 0 aromatic heterocycles. The SMILES string of the molecule is COC(=O)C(C)(O)COc1c(C)cc(C(N)=O)cc1C. The number of nitrogens with two attached hydrogens (primary N) is 1. The molecule has 0 saturated heterocycles. The summed E-state index contributed by atoms with van der Waals surface area (Å²) in [6.45, 7) is 4.56. The quantitative estimate of drug-likeness (QED) is 0.774. The number of ether oxygens (including phenoxy) is 2. The molecule has 0 aliphatic carbocycles. The minimum atomic E-state index is -1.74. The van der Waals surface area contributed by atoms with Crippen molar-refractivity contribution in [1.29, 1.82) is 0 Å². The Hall–Kier alpha value is -2.08. The van der Waals surface area contributed by atoms with Crippen LogP contribution in [-0.4, -0.2) is 36.3 Å². The molecule has 0 aliphatic rings. The monoisotopic (exact) mass is 281 g/mol. The van der Waals surface area contributed by atoms with Crippen molar-refractivity contribution in [3.05, 3.63) is 28.8 Å². The summed E-state index contributed by atoms with van der Waals surface area (Å²) in [5.74, 6) is -0.801. The van der Waals surface area contributed by atoms with E-state index in [-0.39, 0.29) is 6.61 Å². The first-order valence-electron chi connectivity index (χ1n) is 6.03. The predicted octanol–water partition coefficient (Wildman–Crippen LogP) is 0.705. The van der Waals surface area contributed by atoms with Crippen molar-refractivity contribution in [3.8, 4) is 5.75 Å². The van der Waals surface area contributed by atoms with E-state index < -0.39 is 17.5 Å². The van der Waals surface area contributed by atoms with Crippen LogP contribution in [0.25, 0.3) is 0 Å². The average molecular weight is 281 g/mol. The molecule has 1 unspecified atom stereocenters. The van der Waals surface area contributed by atoms with Crippen LogP contribution in [0, 0.1) is 13.8 Å². The fourth-order valence-electron chi connectivity index (χ4n) is 1.81. The molecule has 0 aliphatic heterocycles. The molecule has 6 heteroatoms. The van der Waals surface area contributed by atoms with Gasteiger partial charge in [-0.3, -0.25) is 4.79 Å². The number of hydrogen-bond acceptors (Lipinski definition) is 5. The van der Waals surface area contributed by atoms with Crippen LogP contribution in [-0.2, 0) is 9.53 Å². The molecule has 1 amide bonds. The lowest BCUT2D eigenvalue weighted by Gasteiger charge is -2.22. The number of carbonyl (C=O) groups is 2. The maximum Gasteiger partial charge on any atom is 0.341 e. The van der Waals surface area contributed by atoms with Gasteiger partial charge in [-0.1, -0.05) is 0 Å². The number of esters is 1. The first-order valence-corrected chi connectivity index (χ1v) is 6.03. The van der Waals surface area contributed by atoms with Gasteiger partial charge in [0.15, 0.2) is 5.60 Å². The molecule has 6 nitrogen and oxygen atoms in total. The lowest BCUT2D eigenvalue weighted by molar-refractivity contribution is -0.163. The molecule has 1 aromatic carbocycles. The molecule has 0 fully saturated rings. The molecule has 1 atom stereocenters. The van der Waals surface area contributed by atoms with Crippen LogP contribution in [0.5, 0.6) is 5.75 Å². The van der Waals surface area contributed by atoms with Gasteiger partial charge >= 0.3 is 5.97 Å². The second-order valence-corrected chi connectivity index (χ2v) is 4.86. The largest absolute Gasteiger partial charge is 0.489 e. The van der Waals surface area contributed by atoms with E-state index in [1.54, 1.807) is 26.0 Å². The van der Waals surface area contributed by atoms with E-state index in [2.05, 4.69) is 4.74 Å². The van der Waals surface area contributed by atoms with Crippen molar-refractivity contribution in [3.63, 3.8) is 0 Å². The van der Waals surface area contributed by atoms with Gasteiger partial charge in [0.25, 0.3) is 0 Å². The van der Waals surface area contributed by atoms with Crippen LogP contribution in [0.1, 0.15) is 28.4 Å². The van der Waals surface area contributed by atoms with Crippen LogP contribution in [0.4, 0.5) is 0 Å². The first kappa shape index (κ1) is 16.0. The number of methoxy groups -OCH3 is 1. The number of amides is 1. The first-order chi connectivity index (χ1) is 9.19. The van der Waals surface area contributed by atoms with Gasteiger partial charge in [0, 0.05) is 5.56 Å². The second kappa shape index (κ2) is 5.92. The summed E-state index contributed by atoms with van der Waals surface area (Å²) in [6.07, 6.45) is 0. The number of rotatable bonds is 5. The van der Waals surface area contributed by atoms with Gasteiger partial charge in [-0.05, 0) is 44.0 Å². The van der Waals surface area contributed by atoms with E-state index in [1.165, 1.54) is 14.0 Å². The van der Waals surface area contributed by atoms with E-state index in [0.717, 1.165) is 0 Å². The topological polar surface area (TPSA) is 98.8 Å². The van der Waals surface area contributed by atoms with Gasteiger partial charge in [-0.25, -0.2) is 4.79 Å². The minimum absolute atomic E-state index is 0.253. The lowest BCUT2D eigenvalue weighted by atomic mass is 10.0. The number of aryl methyl sites for hydroxylation is 2. The summed E-state index contributed by atoms with van der Waals surface area (Å²) >= 11 is 0. The molecule has 0 heterocycles. The third kappa shape index (κ3) is 3.48. The zero-order valence-corrected chi connectivity index (χ0v) is 12.0. The highest BCUT2D eigenvalue weighted by Crippen LogP contribution is 2.25. The normalized spacial score (nSPS) is 13.4. The second-order valence-electron chi connectivity index (χ2n) is 4.86. The summed E-state index contributed by atoms with van der Waals surface area (Å²) < 4.78 is 9.97. The van der Waals surface area contributed by atoms with E-state index >= 15 is 0 Å². The van der Waals surface area contributed by atoms with Gasteiger partial charge < -0.3 is 20.3 Å². The van der Waals surface area contributed by atoms with Crippen molar-refractivity contribution in [2.75, 3.05) is 13.7 Å². The molecule has 3 N–H and O–H groups in total. The Morgan fingerprint density at radius 1 is 1.30 bits per heavy atom. The zero-order chi connectivity index (χ0) is 15.5. The molecule has 1 rings (SSSR count). The molecular weight excluding hydrogens is 262 g/mol. The van der Waals surface area contributed by atoms with Crippen molar-refractivity contribution >= 4 is 11.9 Å². The van der Waals surface area contributed by atoms with Crippen molar-refractivity contribution in [2.24, 2.45) is 5.73 Å². The molecule has 0 saturated carbocycles. The zero-order valence-electron chi connectivity index (χ0n) is 12.0. The summed E-state index contributed by atoms with van der Waals surface area (Å²) in [5, 5.41) is 9.90. The van der Waals surface area contributed by atoms with Crippen LogP contribution in [0.2, 0.25) is 0 Å². The number of benzene rings is 1. The van der Waals surface area contributed by atoms with Gasteiger partial charge in [0.05, 0.1) is 7.11 Å². The van der Waals surface area contributed by atoms with Crippen LogP contribution in [0.15, 0.2) is 12.1 Å². The smallest absolute Gasteiger partial charge is 0.341 e. The number of aliphatic hydroxyl groups is 1. The highest BCUT2D eigenvalue weighted by molar-refractivity contribution is 5.93. The van der Waals surface area contributed by atoms with Crippen LogP contribution >= 0.6 is 0 Å². The summed E-state index contributed by atoms with van der Waals surface area (Å²) in [4.78, 5) is 22.5. The fraction of sp³-hybridized carbons (Fsp3) is 0.429. The Morgan fingerprint density at radius 3 is 2.20 bits per heavy atom. The Labute approximate surface area is 117 Å². The highest BCUT2D eigenvalue weighted by atomic mass is 16.6. The molecule has 20 heavy (non-hydrogen) atoms.